The van der Waals surface area contributed by atoms with Gasteiger partial charge in [-0.25, -0.2) is 0 Å². The summed E-state index contributed by atoms with van der Waals surface area (Å²) >= 11 is 0. The molecule has 3 heteroatoms. The Hall–Kier alpha value is -0.830. The fourth-order valence-electron chi connectivity index (χ4n) is 2.42. The van der Waals surface area contributed by atoms with E-state index in [4.69, 9.17) is 5.73 Å². The first-order valence-corrected chi connectivity index (χ1v) is 5.91. The molecule has 0 unspecified atom stereocenters. The van der Waals surface area contributed by atoms with Gasteiger partial charge in [0.05, 0.1) is 5.69 Å². The number of aromatic nitrogens is 2. The molecule has 3 nitrogen and oxygen atoms in total. The molecule has 0 aliphatic heterocycles. The third kappa shape index (κ3) is 1.93. The molecule has 1 heterocycles. The van der Waals surface area contributed by atoms with Crippen molar-refractivity contribution in [2.24, 2.45) is 18.2 Å². The Bertz CT molecular complexity index is 331. The molecule has 0 radical (unpaired) electrons. The van der Waals surface area contributed by atoms with Crippen LogP contribution < -0.4 is 5.73 Å². The Morgan fingerprint density at radius 2 is 2.27 bits per heavy atom. The number of aryl methyl sites for hydroxylation is 2. The van der Waals surface area contributed by atoms with Gasteiger partial charge in [-0.15, -0.1) is 0 Å². The van der Waals surface area contributed by atoms with Crippen molar-refractivity contribution in [1.29, 1.82) is 0 Å². The van der Waals surface area contributed by atoms with Gasteiger partial charge in [-0.3, -0.25) is 4.68 Å². The van der Waals surface area contributed by atoms with E-state index in [2.05, 4.69) is 18.1 Å². The zero-order valence-electron chi connectivity index (χ0n) is 9.79. The summed E-state index contributed by atoms with van der Waals surface area (Å²) in [7, 11) is 2.04. The Morgan fingerprint density at radius 3 is 2.67 bits per heavy atom. The molecule has 1 aromatic heterocycles. The summed E-state index contributed by atoms with van der Waals surface area (Å²) < 4.78 is 2.02. The molecule has 1 fully saturated rings. The first-order valence-electron chi connectivity index (χ1n) is 5.91. The molecule has 1 saturated carbocycles. The van der Waals surface area contributed by atoms with Gasteiger partial charge in [0, 0.05) is 12.7 Å². The van der Waals surface area contributed by atoms with Gasteiger partial charge in [0.25, 0.3) is 0 Å². The lowest BCUT2D eigenvalue weighted by Gasteiger charge is -2.41. The van der Waals surface area contributed by atoms with Gasteiger partial charge in [-0.2, -0.15) is 5.10 Å². The van der Waals surface area contributed by atoms with E-state index in [0.29, 0.717) is 5.41 Å². The van der Waals surface area contributed by atoms with E-state index >= 15 is 0 Å². The molecular formula is C12H21N3. The van der Waals surface area contributed by atoms with E-state index in [1.807, 2.05) is 11.7 Å². The number of rotatable bonds is 4. The van der Waals surface area contributed by atoms with Crippen molar-refractivity contribution in [2.45, 2.75) is 39.0 Å². The van der Waals surface area contributed by atoms with Crippen LogP contribution in [0.1, 0.15) is 37.6 Å². The molecule has 0 amide bonds. The highest BCUT2D eigenvalue weighted by molar-refractivity contribution is 5.13. The SMILES string of the molecule is CCc1cc(CC2(CN)CCC2)n(C)n1. The van der Waals surface area contributed by atoms with Crippen LogP contribution in [0.5, 0.6) is 0 Å². The average Bonchev–Trinajstić information content (AvgIpc) is 2.53. The third-order valence-electron chi connectivity index (χ3n) is 3.79. The molecule has 0 atom stereocenters. The van der Waals surface area contributed by atoms with Gasteiger partial charge < -0.3 is 5.73 Å². The van der Waals surface area contributed by atoms with Crippen LogP contribution in [0.25, 0.3) is 0 Å². The lowest BCUT2D eigenvalue weighted by atomic mass is 9.66. The van der Waals surface area contributed by atoms with Gasteiger partial charge in [0.15, 0.2) is 0 Å². The summed E-state index contributed by atoms with van der Waals surface area (Å²) in [4.78, 5) is 0. The van der Waals surface area contributed by atoms with E-state index in [-0.39, 0.29) is 0 Å². The highest BCUT2D eigenvalue weighted by atomic mass is 15.3. The molecular weight excluding hydrogens is 186 g/mol. The molecule has 2 rings (SSSR count). The second kappa shape index (κ2) is 3.97. The topological polar surface area (TPSA) is 43.8 Å². The lowest BCUT2D eigenvalue weighted by molar-refractivity contribution is 0.141. The van der Waals surface area contributed by atoms with Crippen LogP contribution in [-0.2, 0) is 19.9 Å². The van der Waals surface area contributed by atoms with Crippen LogP contribution >= 0.6 is 0 Å². The molecule has 15 heavy (non-hydrogen) atoms. The lowest BCUT2D eigenvalue weighted by Crippen LogP contribution is -2.39. The summed E-state index contributed by atoms with van der Waals surface area (Å²) in [6.45, 7) is 2.97. The normalized spacial score (nSPS) is 18.9. The number of hydrogen-bond acceptors (Lipinski definition) is 2. The van der Waals surface area contributed by atoms with E-state index in [0.717, 1.165) is 19.4 Å². The zero-order chi connectivity index (χ0) is 10.9. The maximum Gasteiger partial charge on any atom is 0.0624 e. The van der Waals surface area contributed by atoms with Crippen molar-refractivity contribution in [3.8, 4) is 0 Å². The minimum atomic E-state index is 0.388. The molecule has 0 aromatic carbocycles. The van der Waals surface area contributed by atoms with E-state index < -0.39 is 0 Å². The first kappa shape index (κ1) is 10.7. The van der Waals surface area contributed by atoms with Crippen molar-refractivity contribution in [2.75, 3.05) is 6.54 Å². The Morgan fingerprint density at radius 1 is 1.53 bits per heavy atom. The van der Waals surface area contributed by atoms with Crippen molar-refractivity contribution in [3.05, 3.63) is 17.5 Å². The predicted molar refractivity (Wildman–Crippen MR) is 61.6 cm³/mol. The summed E-state index contributed by atoms with van der Waals surface area (Å²) in [6.07, 6.45) is 6.04. The monoisotopic (exact) mass is 207 g/mol. The highest BCUT2D eigenvalue weighted by Gasteiger charge is 2.36. The zero-order valence-corrected chi connectivity index (χ0v) is 9.79. The van der Waals surface area contributed by atoms with Crippen molar-refractivity contribution < 1.29 is 0 Å². The first-order chi connectivity index (χ1) is 7.19. The van der Waals surface area contributed by atoms with E-state index in [1.54, 1.807) is 0 Å². The summed E-state index contributed by atoms with van der Waals surface area (Å²) in [6, 6.07) is 2.23. The number of nitrogens with zero attached hydrogens (tertiary/aromatic N) is 2. The summed E-state index contributed by atoms with van der Waals surface area (Å²) in [5, 5.41) is 4.48. The largest absolute Gasteiger partial charge is 0.330 e. The molecule has 1 aromatic rings. The van der Waals surface area contributed by atoms with E-state index in [9.17, 15) is 0 Å². The second-order valence-corrected chi connectivity index (χ2v) is 4.84. The summed E-state index contributed by atoms with van der Waals surface area (Å²) in [5.74, 6) is 0. The fraction of sp³-hybridized carbons (Fsp3) is 0.750. The molecule has 0 saturated heterocycles. The van der Waals surface area contributed by atoms with Crippen LogP contribution in [0.4, 0.5) is 0 Å². The van der Waals surface area contributed by atoms with Gasteiger partial charge in [-0.1, -0.05) is 13.3 Å². The average molecular weight is 207 g/mol. The van der Waals surface area contributed by atoms with Crippen molar-refractivity contribution in [3.63, 3.8) is 0 Å². The Labute approximate surface area is 91.7 Å². The summed E-state index contributed by atoms with van der Waals surface area (Å²) in [5.41, 5.74) is 8.80. The minimum absolute atomic E-state index is 0.388. The maximum absolute atomic E-state index is 5.88. The Balaban J connectivity index is 2.12. The van der Waals surface area contributed by atoms with Gasteiger partial charge in [-0.05, 0) is 43.7 Å². The Kier molecular flexibility index (Phi) is 2.83. The number of nitrogens with two attached hydrogens (primary N) is 1. The molecule has 84 valence electrons. The second-order valence-electron chi connectivity index (χ2n) is 4.84. The third-order valence-corrected chi connectivity index (χ3v) is 3.79. The molecule has 1 aliphatic rings. The van der Waals surface area contributed by atoms with Crippen LogP contribution in [0, 0.1) is 5.41 Å². The van der Waals surface area contributed by atoms with Crippen LogP contribution in [0.2, 0.25) is 0 Å². The van der Waals surface area contributed by atoms with Crippen molar-refractivity contribution in [1.82, 2.24) is 9.78 Å². The van der Waals surface area contributed by atoms with E-state index in [1.165, 1.54) is 30.7 Å². The predicted octanol–water partition coefficient (Wildman–Crippen LogP) is 1.65. The quantitative estimate of drug-likeness (QED) is 0.816. The smallest absolute Gasteiger partial charge is 0.0624 e. The van der Waals surface area contributed by atoms with Crippen LogP contribution in [0.15, 0.2) is 6.07 Å². The van der Waals surface area contributed by atoms with Crippen LogP contribution in [-0.4, -0.2) is 16.3 Å². The highest BCUT2D eigenvalue weighted by Crippen LogP contribution is 2.42. The maximum atomic E-state index is 5.88. The number of hydrogen-bond donors (Lipinski definition) is 1. The molecule has 0 spiro atoms. The van der Waals surface area contributed by atoms with Crippen molar-refractivity contribution >= 4 is 0 Å². The van der Waals surface area contributed by atoms with Gasteiger partial charge in [0.1, 0.15) is 0 Å². The molecule has 0 bridgehead atoms. The molecule has 2 N–H and O–H groups in total. The minimum Gasteiger partial charge on any atom is -0.330 e. The van der Waals surface area contributed by atoms with Gasteiger partial charge in [0.2, 0.25) is 0 Å². The van der Waals surface area contributed by atoms with Crippen LogP contribution in [0.3, 0.4) is 0 Å². The fourth-order valence-corrected chi connectivity index (χ4v) is 2.42. The molecule has 1 aliphatic carbocycles. The standard InChI is InChI=1S/C12H21N3/c1-3-10-7-11(15(2)14-10)8-12(9-13)5-4-6-12/h7H,3-6,8-9,13H2,1-2H3. The van der Waals surface area contributed by atoms with Gasteiger partial charge >= 0.3 is 0 Å².